The number of hydrogen-bond donors (Lipinski definition) is 0. The average Bonchev–Trinajstić information content (AvgIpc) is 2.87. The first-order chi connectivity index (χ1) is 11.0. The monoisotopic (exact) mass is 333 g/mol. The van der Waals surface area contributed by atoms with Gasteiger partial charge in [0.25, 0.3) is 5.91 Å². The number of furan rings is 1. The Labute approximate surface area is 141 Å². The molecule has 0 spiro atoms. The maximum absolute atomic E-state index is 12.8. The van der Waals surface area contributed by atoms with Crippen LogP contribution in [0.5, 0.6) is 0 Å². The van der Waals surface area contributed by atoms with E-state index in [1.807, 2.05) is 43.0 Å². The van der Waals surface area contributed by atoms with Crippen molar-refractivity contribution in [1.29, 1.82) is 0 Å². The van der Waals surface area contributed by atoms with E-state index >= 15 is 0 Å². The van der Waals surface area contributed by atoms with Crippen molar-refractivity contribution in [3.05, 3.63) is 46.7 Å². The Morgan fingerprint density at radius 1 is 1.22 bits per heavy atom. The molecular weight excluding hydrogens is 314 g/mol. The van der Waals surface area contributed by atoms with Gasteiger partial charge in [0.1, 0.15) is 11.5 Å². The average molecular weight is 334 g/mol. The fourth-order valence-electron chi connectivity index (χ4n) is 3.00. The first-order valence-corrected chi connectivity index (χ1v) is 8.13. The normalized spacial score (nSPS) is 21.5. The van der Waals surface area contributed by atoms with E-state index < -0.39 is 0 Å². The van der Waals surface area contributed by atoms with Crippen LogP contribution in [0.2, 0.25) is 5.02 Å². The van der Waals surface area contributed by atoms with Gasteiger partial charge in [-0.05, 0) is 39.0 Å². The van der Waals surface area contributed by atoms with Gasteiger partial charge in [0.15, 0.2) is 0 Å². The zero-order chi connectivity index (χ0) is 16.6. The summed E-state index contributed by atoms with van der Waals surface area (Å²) in [7, 11) is 0. The maximum Gasteiger partial charge on any atom is 0.257 e. The Balaban J connectivity index is 1.89. The quantitative estimate of drug-likeness (QED) is 0.828. The zero-order valence-electron chi connectivity index (χ0n) is 13.5. The second-order valence-corrected chi connectivity index (χ2v) is 6.44. The Morgan fingerprint density at radius 3 is 2.52 bits per heavy atom. The summed E-state index contributed by atoms with van der Waals surface area (Å²) in [4.78, 5) is 14.6. The highest BCUT2D eigenvalue weighted by Crippen LogP contribution is 2.31. The first-order valence-electron chi connectivity index (χ1n) is 7.75. The van der Waals surface area contributed by atoms with Crippen molar-refractivity contribution in [2.75, 3.05) is 13.1 Å². The van der Waals surface area contributed by atoms with Gasteiger partial charge < -0.3 is 14.1 Å². The number of carbonyl (C=O) groups excluding carboxylic acids is 1. The molecule has 1 aliphatic rings. The van der Waals surface area contributed by atoms with Gasteiger partial charge in [0.05, 0.1) is 22.8 Å². The number of carbonyl (C=O) groups is 1. The third-order valence-electron chi connectivity index (χ3n) is 3.99. The SMILES string of the molecule is Cc1oc(-c2ccccc2Cl)cc1C(=O)N1C[C@H](C)O[C@@H](C)C1. The van der Waals surface area contributed by atoms with Crippen molar-refractivity contribution in [2.45, 2.75) is 33.0 Å². The largest absolute Gasteiger partial charge is 0.460 e. The van der Waals surface area contributed by atoms with Crippen molar-refractivity contribution >= 4 is 17.5 Å². The second-order valence-electron chi connectivity index (χ2n) is 6.03. The summed E-state index contributed by atoms with van der Waals surface area (Å²) in [6.07, 6.45) is 0.0795. The number of benzene rings is 1. The number of rotatable bonds is 2. The molecule has 122 valence electrons. The molecule has 1 fully saturated rings. The van der Waals surface area contributed by atoms with Gasteiger partial charge in [0.2, 0.25) is 0 Å². The highest BCUT2D eigenvalue weighted by Gasteiger charge is 2.29. The minimum Gasteiger partial charge on any atom is -0.460 e. The van der Waals surface area contributed by atoms with Crippen LogP contribution >= 0.6 is 11.6 Å². The van der Waals surface area contributed by atoms with Crippen molar-refractivity contribution in [3.8, 4) is 11.3 Å². The van der Waals surface area contributed by atoms with E-state index in [9.17, 15) is 4.79 Å². The molecule has 0 unspecified atom stereocenters. The topological polar surface area (TPSA) is 42.7 Å². The number of hydrogen-bond acceptors (Lipinski definition) is 3. The van der Waals surface area contributed by atoms with E-state index in [0.717, 1.165) is 5.56 Å². The lowest BCUT2D eigenvalue weighted by Gasteiger charge is -2.35. The number of nitrogens with zero attached hydrogens (tertiary/aromatic N) is 1. The van der Waals surface area contributed by atoms with Gasteiger partial charge in [-0.2, -0.15) is 0 Å². The summed E-state index contributed by atoms with van der Waals surface area (Å²) in [5, 5.41) is 0.605. The molecule has 0 N–H and O–H groups in total. The predicted octanol–water partition coefficient (Wildman–Crippen LogP) is 4.16. The maximum atomic E-state index is 12.8. The van der Waals surface area contributed by atoms with E-state index in [1.165, 1.54) is 0 Å². The van der Waals surface area contributed by atoms with E-state index in [1.54, 1.807) is 13.0 Å². The summed E-state index contributed by atoms with van der Waals surface area (Å²) in [5.74, 6) is 1.20. The molecule has 3 rings (SSSR count). The van der Waals surface area contributed by atoms with Gasteiger partial charge in [0, 0.05) is 18.7 Å². The van der Waals surface area contributed by atoms with Gasteiger partial charge in [-0.3, -0.25) is 4.79 Å². The molecule has 2 aromatic rings. The fraction of sp³-hybridized carbons (Fsp3) is 0.389. The van der Waals surface area contributed by atoms with E-state index in [-0.39, 0.29) is 18.1 Å². The van der Waals surface area contributed by atoms with Crippen LogP contribution in [0.15, 0.2) is 34.7 Å². The molecule has 0 radical (unpaired) electrons. The molecule has 1 amide bonds. The lowest BCUT2D eigenvalue weighted by atomic mass is 10.1. The Kier molecular flexibility index (Phi) is 4.46. The van der Waals surface area contributed by atoms with Crippen LogP contribution in [-0.4, -0.2) is 36.1 Å². The van der Waals surface area contributed by atoms with Crippen LogP contribution in [0.3, 0.4) is 0 Å². The van der Waals surface area contributed by atoms with Crippen molar-refractivity contribution < 1.29 is 13.9 Å². The van der Waals surface area contributed by atoms with E-state index in [0.29, 0.717) is 35.2 Å². The third kappa shape index (κ3) is 3.28. The standard InChI is InChI=1S/C18H20ClNO3/c1-11-9-20(10-12(2)22-11)18(21)15-8-17(23-13(15)3)14-6-4-5-7-16(14)19/h4-8,11-12H,9-10H2,1-3H3/t11-,12-/m0/s1. The lowest BCUT2D eigenvalue weighted by Crippen LogP contribution is -2.48. The molecule has 5 heteroatoms. The van der Waals surface area contributed by atoms with E-state index in [2.05, 4.69) is 0 Å². The highest BCUT2D eigenvalue weighted by molar-refractivity contribution is 6.33. The Morgan fingerprint density at radius 2 is 1.87 bits per heavy atom. The van der Waals surface area contributed by atoms with Gasteiger partial charge in [-0.1, -0.05) is 23.7 Å². The number of halogens is 1. The lowest BCUT2D eigenvalue weighted by molar-refractivity contribution is -0.0586. The summed E-state index contributed by atoms with van der Waals surface area (Å²) < 4.78 is 11.5. The van der Waals surface area contributed by atoms with E-state index in [4.69, 9.17) is 20.8 Å². The van der Waals surface area contributed by atoms with Crippen LogP contribution in [0.1, 0.15) is 30.0 Å². The summed E-state index contributed by atoms with van der Waals surface area (Å²) >= 11 is 6.21. The van der Waals surface area contributed by atoms with Gasteiger partial charge in [-0.25, -0.2) is 0 Å². The molecule has 2 heterocycles. The molecule has 0 aliphatic carbocycles. The van der Waals surface area contributed by atoms with Gasteiger partial charge in [-0.15, -0.1) is 0 Å². The third-order valence-corrected chi connectivity index (χ3v) is 4.32. The minimum atomic E-state index is -0.0217. The van der Waals surface area contributed by atoms with Crippen molar-refractivity contribution in [3.63, 3.8) is 0 Å². The van der Waals surface area contributed by atoms with Gasteiger partial charge >= 0.3 is 0 Å². The highest BCUT2D eigenvalue weighted by atomic mass is 35.5. The van der Waals surface area contributed by atoms with Crippen molar-refractivity contribution in [1.82, 2.24) is 4.90 Å². The minimum absolute atomic E-state index is 0.0217. The number of aryl methyl sites for hydroxylation is 1. The summed E-state index contributed by atoms with van der Waals surface area (Å²) in [6.45, 7) is 6.95. The van der Waals surface area contributed by atoms with Crippen LogP contribution in [0.25, 0.3) is 11.3 Å². The molecule has 0 saturated carbocycles. The first kappa shape index (κ1) is 16.1. The van der Waals surface area contributed by atoms with Crippen molar-refractivity contribution in [2.24, 2.45) is 0 Å². The summed E-state index contributed by atoms with van der Waals surface area (Å²) in [6, 6.07) is 9.23. The molecule has 2 atom stereocenters. The molecular formula is C18H20ClNO3. The van der Waals surface area contributed by atoms with Crippen LogP contribution < -0.4 is 0 Å². The Hall–Kier alpha value is -1.78. The molecule has 1 saturated heterocycles. The zero-order valence-corrected chi connectivity index (χ0v) is 14.3. The molecule has 1 aromatic heterocycles. The number of morpholine rings is 1. The number of amides is 1. The number of ether oxygens (including phenoxy) is 1. The molecule has 1 aromatic carbocycles. The Bertz CT molecular complexity index is 715. The van der Waals surface area contributed by atoms with Crippen LogP contribution in [-0.2, 0) is 4.74 Å². The summed E-state index contributed by atoms with van der Waals surface area (Å²) in [5.41, 5.74) is 1.38. The second kappa shape index (κ2) is 6.38. The molecule has 1 aliphatic heterocycles. The molecule has 4 nitrogen and oxygen atoms in total. The van der Waals surface area contributed by atoms with Crippen LogP contribution in [0.4, 0.5) is 0 Å². The fourth-order valence-corrected chi connectivity index (χ4v) is 3.23. The molecule has 0 bridgehead atoms. The predicted molar refractivity (Wildman–Crippen MR) is 89.8 cm³/mol. The molecule has 23 heavy (non-hydrogen) atoms. The smallest absolute Gasteiger partial charge is 0.257 e. The van der Waals surface area contributed by atoms with Crippen LogP contribution in [0, 0.1) is 6.92 Å².